The van der Waals surface area contributed by atoms with Crippen molar-refractivity contribution in [3.05, 3.63) is 18.2 Å². The average Bonchev–Trinajstić information content (AvgIpc) is 3.15. The third kappa shape index (κ3) is 4.95. The first-order chi connectivity index (χ1) is 13.7. The Morgan fingerprint density at radius 1 is 1.21 bits per heavy atom. The standard InChI is InChI=1S/C20H30N4O3S2/c1-14(2)11-23(12-15(3)4)20(25)16-7-6-10-24(13-16)29(26,27)18-9-5-8-17-19(18)22-28-21-17/h5,8-9,14-16H,6-7,10-13H2,1-4H3/t16-/m0/s1. The first-order valence-electron chi connectivity index (χ1n) is 10.2. The molecule has 0 spiro atoms. The van der Waals surface area contributed by atoms with Crippen LogP contribution in [0.2, 0.25) is 0 Å². The van der Waals surface area contributed by atoms with Gasteiger partial charge in [-0.1, -0.05) is 33.8 Å². The number of sulfonamides is 1. The molecule has 1 aromatic heterocycles. The minimum Gasteiger partial charge on any atom is -0.342 e. The van der Waals surface area contributed by atoms with Crippen molar-refractivity contribution < 1.29 is 13.2 Å². The summed E-state index contributed by atoms with van der Waals surface area (Å²) in [6, 6.07) is 5.03. The molecule has 1 aromatic carbocycles. The lowest BCUT2D eigenvalue weighted by molar-refractivity contribution is -0.137. The molecule has 160 valence electrons. The van der Waals surface area contributed by atoms with E-state index in [0.29, 0.717) is 48.9 Å². The number of nitrogens with zero attached hydrogens (tertiary/aromatic N) is 4. The molecule has 0 saturated carbocycles. The van der Waals surface area contributed by atoms with Gasteiger partial charge in [0, 0.05) is 26.2 Å². The predicted octanol–water partition coefficient (Wildman–Crippen LogP) is 3.23. The number of piperidine rings is 1. The second-order valence-electron chi connectivity index (χ2n) is 8.62. The summed E-state index contributed by atoms with van der Waals surface area (Å²) in [5.41, 5.74) is 0.993. The number of hydrogen-bond donors (Lipinski definition) is 0. The van der Waals surface area contributed by atoms with E-state index in [0.717, 1.165) is 18.1 Å². The minimum atomic E-state index is -3.73. The lowest BCUT2D eigenvalue weighted by Crippen LogP contribution is -2.48. The second kappa shape index (κ2) is 9.06. The van der Waals surface area contributed by atoms with Crippen molar-refractivity contribution in [2.45, 2.75) is 45.4 Å². The third-order valence-corrected chi connectivity index (χ3v) is 7.52. The van der Waals surface area contributed by atoms with Gasteiger partial charge in [0.25, 0.3) is 0 Å². The number of rotatable bonds is 7. The first-order valence-corrected chi connectivity index (χ1v) is 12.4. The summed E-state index contributed by atoms with van der Waals surface area (Å²) in [6.07, 6.45) is 1.40. The molecule has 0 N–H and O–H groups in total. The number of hydrogen-bond acceptors (Lipinski definition) is 6. The van der Waals surface area contributed by atoms with Crippen molar-refractivity contribution >= 4 is 38.7 Å². The monoisotopic (exact) mass is 438 g/mol. The Labute approximate surface area is 177 Å². The molecule has 1 atom stereocenters. The largest absolute Gasteiger partial charge is 0.342 e. The van der Waals surface area contributed by atoms with E-state index < -0.39 is 10.0 Å². The van der Waals surface area contributed by atoms with Gasteiger partial charge in [-0.15, -0.1) is 0 Å². The molecule has 1 saturated heterocycles. The predicted molar refractivity (Wildman–Crippen MR) is 115 cm³/mol. The van der Waals surface area contributed by atoms with Gasteiger partial charge in [-0.25, -0.2) is 8.42 Å². The molecule has 1 aliphatic rings. The van der Waals surface area contributed by atoms with Crippen molar-refractivity contribution in [2.24, 2.45) is 17.8 Å². The minimum absolute atomic E-state index is 0.0702. The van der Waals surface area contributed by atoms with E-state index in [4.69, 9.17) is 0 Å². The van der Waals surface area contributed by atoms with E-state index in [1.54, 1.807) is 18.2 Å². The molecule has 0 aliphatic carbocycles. The topological polar surface area (TPSA) is 83.5 Å². The molecule has 0 unspecified atom stereocenters. The first kappa shape index (κ1) is 22.1. The molecule has 7 nitrogen and oxygen atoms in total. The summed E-state index contributed by atoms with van der Waals surface area (Å²) in [5, 5.41) is 0. The Balaban J connectivity index is 1.82. The number of aromatic nitrogens is 2. The van der Waals surface area contributed by atoms with Crippen LogP contribution in [0, 0.1) is 17.8 Å². The number of fused-ring (bicyclic) bond motifs is 1. The molecule has 29 heavy (non-hydrogen) atoms. The number of benzene rings is 1. The third-order valence-electron chi connectivity index (χ3n) is 5.08. The van der Waals surface area contributed by atoms with Crippen LogP contribution in [-0.2, 0) is 14.8 Å². The summed E-state index contributed by atoms with van der Waals surface area (Å²) in [4.78, 5) is 15.3. The van der Waals surface area contributed by atoms with E-state index in [9.17, 15) is 13.2 Å². The molecule has 1 fully saturated rings. The summed E-state index contributed by atoms with van der Waals surface area (Å²) in [5.74, 6) is 0.511. The van der Waals surface area contributed by atoms with Crippen LogP contribution in [0.25, 0.3) is 11.0 Å². The lowest BCUT2D eigenvalue weighted by atomic mass is 9.97. The second-order valence-corrected chi connectivity index (χ2v) is 11.1. The zero-order chi connectivity index (χ0) is 21.2. The van der Waals surface area contributed by atoms with Gasteiger partial charge in [0.15, 0.2) is 0 Å². The highest BCUT2D eigenvalue weighted by Gasteiger charge is 2.36. The Morgan fingerprint density at radius 2 is 1.90 bits per heavy atom. The van der Waals surface area contributed by atoms with Crippen LogP contribution in [0.1, 0.15) is 40.5 Å². The molecule has 1 amide bonds. The molecular formula is C20H30N4O3S2. The fourth-order valence-electron chi connectivity index (χ4n) is 3.89. The van der Waals surface area contributed by atoms with Gasteiger partial charge in [-0.05, 0) is 36.8 Å². The summed E-state index contributed by atoms with van der Waals surface area (Å²) >= 11 is 1.01. The smallest absolute Gasteiger partial charge is 0.245 e. The summed E-state index contributed by atoms with van der Waals surface area (Å²) in [6.45, 7) is 10.4. The summed E-state index contributed by atoms with van der Waals surface area (Å²) in [7, 11) is -3.73. The number of amides is 1. The molecule has 2 aromatic rings. The van der Waals surface area contributed by atoms with Crippen molar-refractivity contribution in [1.29, 1.82) is 0 Å². The van der Waals surface area contributed by atoms with Crippen molar-refractivity contribution in [1.82, 2.24) is 18.0 Å². The Hall–Kier alpha value is -1.58. The Kier molecular flexibility index (Phi) is 6.90. The summed E-state index contributed by atoms with van der Waals surface area (Å²) < 4.78 is 36.4. The normalized spacial score (nSPS) is 18.6. The molecular weight excluding hydrogens is 408 g/mol. The quantitative estimate of drug-likeness (QED) is 0.663. The van der Waals surface area contributed by atoms with Crippen LogP contribution >= 0.6 is 11.7 Å². The Morgan fingerprint density at radius 3 is 2.55 bits per heavy atom. The molecule has 2 heterocycles. The van der Waals surface area contributed by atoms with Crippen molar-refractivity contribution in [2.75, 3.05) is 26.2 Å². The van der Waals surface area contributed by atoms with Gasteiger partial charge in [0.2, 0.25) is 15.9 Å². The average molecular weight is 439 g/mol. The van der Waals surface area contributed by atoms with E-state index in [1.165, 1.54) is 4.31 Å². The van der Waals surface area contributed by atoms with Gasteiger partial charge >= 0.3 is 0 Å². The molecule has 9 heteroatoms. The van der Waals surface area contributed by atoms with E-state index >= 15 is 0 Å². The number of carbonyl (C=O) groups excluding carboxylic acids is 1. The van der Waals surface area contributed by atoms with Crippen molar-refractivity contribution in [3.63, 3.8) is 0 Å². The van der Waals surface area contributed by atoms with E-state index in [1.807, 2.05) is 4.90 Å². The van der Waals surface area contributed by atoms with E-state index in [2.05, 4.69) is 36.4 Å². The molecule has 3 rings (SSSR count). The Bertz CT molecular complexity index is 946. The van der Waals surface area contributed by atoms with Crippen LogP contribution in [-0.4, -0.2) is 58.5 Å². The zero-order valence-electron chi connectivity index (χ0n) is 17.5. The van der Waals surface area contributed by atoms with Crippen LogP contribution in [0.5, 0.6) is 0 Å². The maximum atomic E-state index is 13.3. The SMILES string of the molecule is CC(C)CN(CC(C)C)C(=O)[C@H]1CCCN(S(=O)(=O)c2cccc3nsnc23)C1. The van der Waals surface area contributed by atoms with E-state index in [-0.39, 0.29) is 23.3 Å². The van der Waals surface area contributed by atoms with Crippen molar-refractivity contribution in [3.8, 4) is 0 Å². The van der Waals surface area contributed by atoms with Gasteiger partial charge in [0.1, 0.15) is 15.9 Å². The molecule has 0 radical (unpaired) electrons. The van der Waals surface area contributed by atoms with Gasteiger partial charge in [-0.3, -0.25) is 4.79 Å². The maximum Gasteiger partial charge on any atom is 0.245 e. The molecule has 0 bridgehead atoms. The van der Waals surface area contributed by atoms with Gasteiger partial charge < -0.3 is 4.90 Å². The van der Waals surface area contributed by atoms with Crippen LogP contribution in [0.3, 0.4) is 0 Å². The molecule has 1 aliphatic heterocycles. The fraction of sp³-hybridized carbons (Fsp3) is 0.650. The highest BCUT2D eigenvalue weighted by molar-refractivity contribution is 7.89. The number of carbonyl (C=O) groups is 1. The lowest BCUT2D eigenvalue weighted by Gasteiger charge is -2.35. The fourth-order valence-corrected chi connectivity index (χ4v) is 6.16. The van der Waals surface area contributed by atoms with Crippen LogP contribution in [0.15, 0.2) is 23.1 Å². The zero-order valence-corrected chi connectivity index (χ0v) is 19.2. The van der Waals surface area contributed by atoms with Crippen LogP contribution in [0.4, 0.5) is 0 Å². The van der Waals surface area contributed by atoms with Gasteiger partial charge in [-0.2, -0.15) is 13.1 Å². The van der Waals surface area contributed by atoms with Crippen LogP contribution < -0.4 is 0 Å². The maximum absolute atomic E-state index is 13.3. The van der Waals surface area contributed by atoms with Gasteiger partial charge in [0.05, 0.1) is 17.6 Å². The highest BCUT2D eigenvalue weighted by Crippen LogP contribution is 2.29. The highest BCUT2D eigenvalue weighted by atomic mass is 32.2.